The third-order valence-corrected chi connectivity index (χ3v) is 4.26. The topological polar surface area (TPSA) is 74.4 Å². The highest BCUT2D eigenvalue weighted by Gasteiger charge is 2.23. The minimum Gasteiger partial charge on any atom is -0.459 e. The number of ether oxygens (including phenoxy) is 1. The summed E-state index contributed by atoms with van der Waals surface area (Å²) in [6, 6.07) is 8.03. The number of aromatic amines is 1. The molecule has 1 aromatic heterocycles. The highest BCUT2D eigenvalue weighted by atomic mass is 16.5. The molecule has 0 unspecified atom stereocenters. The van der Waals surface area contributed by atoms with Crippen molar-refractivity contribution in [3.05, 3.63) is 57.9 Å². The normalized spacial score (nSPS) is 11.1. The molecule has 0 saturated carbocycles. The van der Waals surface area contributed by atoms with Gasteiger partial charge in [-0.3, -0.25) is 4.79 Å². The molecule has 27 heavy (non-hydrogen) atoms. The lowest BCUT2D eigenvalue weighted by Gasteiger charge is -2.14. The molecule has 0 atom stereocenters. The van der Waals surface area contributed by atoms with Crippen LogP contribution in [-0.2, 0) is 17.8 Å². The highest BCUT2D eigenvalue weighted by Crippen LogP contribution is 2.20. The molecular weight excluding hydrogens is 342 g/mol. The monoisotopic (exact) mass is 371 g/mol. The molecule has 2 aromatic rings. The van der Waals surface area contributed by atoms with Gasteiger partial charge in [0, 0.05) is 18.8 Å². The summed E-state index contributed by atoms with van der Waals surface area (Å²) in [7, 11) is 4.02. The Bertz CT molecular complexity index is 822. The van der Waals surface area contributed by atoms with Crippen LogP contribution >= 0.6 is 0 Å². The molecule has 0 fully saturated rings. The number of aryl methyl sites for hydroxylation is 1. The number of esters is 1. The lowest BCUT2D eigenvalue weighted by Crippen LogP contribution is -2.25. The highest BCUT2D eigenvalue weighted by molar-refractivity contribution is 6.00. The fourth-order valence-corrected chi connectivity index (χ4v) is 3.05. The first-order valence-electron chi connectivity index (χ1n) is 9.10. The molecule has 1 heterocycles. The molecule has 6 heteroatoms. The van der Waals surface area contributed by atoms with Crippen molar-refractivity contribution in [2.45, 2.75) is 46.9 Å². The average Bonchev–Trinajstić information content (AvgIpc) is 2.87. The van der Waals surface area contributed by atoms with E-state index in [1.165, 1.54) is 5.56 Å². The number of nitrogens with zero attached hydrogens (tertiary/aromatic N) is 1. The number of H-pyrrole nitrogens is 1. The number of rotatable bonds is 7. The van der Waals surface area contributed by atoms with Gasteiger partial charge in [0.25, 0.3) is 5.91 Å². The van der Waals surface area contributed by atoms with Crippen LogP contribution in [0.1, 0.15) is 57.1 Å². The van der Waals surface area contributed by atoms with E-state index in [2.05, 4.69) is 21.3 Å². The summed E-state index contributed by atoms with van der Waals surface area (Å²) in [6.07, 6.45) is -0.211. The first kappa shape index (κ1) is 20.7. The van der Waals surface area contributed by atoms with E-state index in [1.807, 2.05) is 32.3 Å². The Morgan fingerprint density at radius 1 is 1.15 bits per heavy atom. The second-order valence-electron chi connectivity index (χ2n) is 7.27. The van der Waals surface area contributed by atoms with E-state index in [1.54, 1.807) is 27.7 Å². The minimum absolute atomic E-state index is 0.211. The summed E-state index contributed by atoms with van der Waals surface area (Å²) < 4.78 is 5.28. The largest absolute Gasteiger partial charge is 0.459 e. The molecule has 1 aromatic carbocycles. The summed E-state index contributed by atoms with van der Waals surface area (Å²) in [6.45, 7) is 8.36. The Balaban J connectivity index is 2.15. The van der Waals surface area contributed by atoms with Gasteiger partial charge in [0.2, 0.25) is 0 Å². The second-order valence-corrected chi connectivity index (χ2v) is 7.27. The molecule has 2 N–H and O–H groups in total. The molecular formula is C21H29N3O3. The summed E-state index contributed by atoms with van der Waals surface area (Å²) in [4.78, 5) is 30.1. The molecule has 146 valence electrons. The van der Waals surface area contributed by atoms with Gasteiger partial charge in [0.1, 0.15) is 5.69 Å². The quantitative estimate of drug-likeness (QED) is 0.733. The van der Waals surface area contributed by atoms with E-state index in [0.717, 1.165) is 12.1 Å². The van der Waals surface area contributed by atoms with Crippen LogP contribution in [0.25, 0.3) is 0 Å². The van der Waals surface area contributed by atoms with Crippen LogP contribution in [0.4, 0.5) is 0 Å². The fourth-order valence-electron chi connectivity index (χ4n) is 3.05. The van der Waals surface area contributed by atoms with E-state index in [-0.39, 0.29) is 12.0 Å². The maximum Gasteiger partial charge on any atom is 0.340 e. The van der Waals surface area contributed by atoms with Crippen LogP contribution in [0.5, 0.6) is 0 Å². The van der Waals surface area contributed by atoms with Gasteiger partial charge in [-0.05, 0) is 58.5 Å². The van der Waals surface area contributed by atoms with E-state index < -0.39 is 5.97 Å². The fraction of sp³-hybridized carbons (Fsp3) is 0.429. The zero-order chi connectivity index (χ0) is 20.1. The van der Waals surface area contributed by atoms with Gasteiger partial charge in [-0.25, -0.2) is 4.79 Å². The molecule has 0 aliphatic heterocycles. The van der Waals surface area contributed by atoms with E-state index >= 15 is 0 Å². The zero-order valence-electron chi connectivity index (χ0n) is 17.0. The number of carbonyl (C=O) groups is 2. The van der Waals surface area contributed by atoms with Crippen molar-refractivity contribution in [1.29, 1.82) is 0 Å². The van der Waals surface area contributed by atoms with E-state index in [4.69, 9.17) is 4.74 Å². The van der Waals surface area contributed by atoms with Crippen molar-refractivity contribution in [2.24, 2.45) is 0 Å². The van der Waals surface area contributed by atoms with E-state index in [9.17, 15) is 9.59 Å². The van der Waals surface area contributed by atoms with Crippen molar-refractivity contribution >= 4 is 11.9 Å². The Morgan fingerprint density at radius 2 is 1.78 bits per heavy atom. The number of aromatic nitrogens is 1. The number of nitrogens with one attached hydrogen (secondary N) is 2. The predicted octanol–water partition coefficient (Wildman–Crippen LogP) is 3.19. The Hall–Kier alpha value is -2.60. The smallest absolute Gasteiger partial charge is 0.340 e. The maximum atomic E-state index is 12.7. The maximum absolute atomic E-state index is 12.7. The van der Waals surface area contributed by atoms with Crippen LogP contribution in [0, 0.1) is 13.8 Å². The molecule has 0 radical (unpaired) electrons. The molecule has 0 aliphatic carbocycles. The summed E-state index contributed by atoms with van der Waals surface area (Å²) in [5.41, 5.74) is 4.31. The first-order valence-corrected chi connectivity index (χ1v) is 9.10. The third kappa shape index (κ3) is 5.20. The third-order valence-electron chi connectivity index (χ3n) is 4.26. The number of hydrogen-bond donors (Lipinski definition) is 2. The van der Waals surface area contributed by atoms with Crippen LogP contribution in [-0.4, -0.2) is 42.0 Å². The van der Waals surface area contributed by atoms with Crippen molar-refractivity contribution in [1.82, 2.24) is 15.2 Å². The number of carbonyl (C=O) groups excluding carboxylic acids is 2. The number of hydrogen-bond acceptors (Lipinski definition) is 4. The SMILES string of the molecule is Cc1[nH]c(C(=O)NCc2ccccc2CN(C)C)c(C)c1C(=O)OC(C)C. The molecule has 0 aliphatic rings. The molecule has 0 bridgehead atoms. The van der Waals surface area contributed by atoms with Crippen molar-refractivity contribution in [3.63, 3.8) is 0 Å². The Kier molecular flexibility index (Phi) is 6.80. The second kappa shape index (κ2) is 8.86. The lowest BCUT2D eigenvalue weighted by atomic mass is 10.1. The molecule has 1 amide bonds. The van der Waals surface area contributed by atoms with Gasteiger partial charge in [0.15, 0.2) is 0 Å². The Labute approximate surface area is 160 Å². The zero-order valence-corrected chi connectivity index (χ0v) is 17.0. The molecule has 2 rings (SSSR count). The van der Waals surface area contributed by atoms with Crippen LogP contribution in [0.15, 0.2) is 24.3 Å². The van der Waals surface area contributed by atoms with E-state index in [0.29, 0.717) is 29.1 Å². The molecule has 6 nitrogen and oxygen atoms in total. The van der Waals surface area contributed by atoms with Gasteiger partial charge < -0.3 is 19.9 Å². The summed E-state index contributed by atoms with van der Waals surface area (Å²) >= 11 is 0. The van der Waals surface area contributed by atoms with Gasteiger partial charge in [-0.15, -0.1) is 0 Å². The first-order chi connectivity index (χ1) is 12.7. The van der Waals surface area contributed by atoms with Gasteiger partial charge >= 0.3 is 5.97 Å². The van der Waals surface area contributed by atoms with Gasteiger partial charge in [-0.1, -0.05) is 24.3 Å². The van der Waals surface area contributed by atoms with Crippen LogP contribution in [0.2, 0.25) is 0 Å². The van der Waals surface area contributed by atoms with Crippen molar-refractivity contribution < 1.29 is 14.3 Å². The molecule has 0 saturated heterocycles. The van der Waals surface area contributed by atoms with Crippen LogP contribution in [0.3, 0.4) is 0 Å². The lowest BCUT2D eigenvalue weighted by molar-refractivity contribution is 0.0376. The van der Waals surface area contributed by atoms with Crippen molar-refractivity contribution in [3.8, 4) is 0 Å². The van der Waals surface area contributed by atoms with Gasteiger partial charge in [0.05, 0.1) is 11.7 Å². The number of benzene rings is 1. The summed E-state index contributed by atoms with van der Waals surface area (Å²) in [5.74, 6) is -0.648. The standard InChI is InChI=1S/C21H29N3O3/c1-13(2)27-21(26)18-14(3)19(23-15(18)4)20(25)22-11-16-9-7-8-10-17(16)12-24(5)6/h7-10,13,23H,11-12H2,1-6H3,(H,22,25). The van der Waals surface area contributed by atoms with Crippen LogP contribution < -0.4 is 5.32 Å². The predicted molar refractivity (Wildman–Crippen MR) is 106 cm³/mol. The summed E-state index contributed by atoms with van der Waals surface area (Å²) in [5, 5.41) is 2.95. The number of amides is 1. The minimum atomic E-state index is -0.411. The average molecular weight is 371 g/mol. The Morgan fingerprint density at radius 3 is 2.37 bits per heavy atom. The molecule has 0 spiro atoms. The van der Waals surface area contributed by atoms with Crippen molar-refractivity contribution in [2.75, 3.05) is 14.1 Å². The van der Waals surface area contributed by atoms with Gasteiger partial charge in [-0.2, -0.15) is 0 Å².